The van der Waals surface area contributed by atoms with Crippen LogP contribution in [0, 0.1) is 0 Å². The Kier molecular flexibility index (Phi) is 2.45. The van der Waals surface area contributed by atoms with Crippen LogP contribution < -0.4 is 0 Å². The highest BCUT2D eigenvalue weighted by molar-refractivity contribution is 7.12. The van der Waals surface area contributed by atoms with Gasteiger partial charge in [0.15, 0.2) is 11.6 Å². The van der Waals surface area contributed by atoms with Crippen molar-refractivity contribution in [2.24, 2.45) is 0 Å². The van der Waals surface area contributed by atoms with Crippen LogP contribution in [0.15, 0.2) is 29.9 Å². The third-order valence-corrected chi connectivity index (χ3v) is 2.82. The number of ketones is 1. The Morgan fingerprint density at radius 1 is 1.64 bits per heavy atom. The zero-order valence-corrected chi connectivity index (χ0v) is 8.62. The Labute approximate surface area is 86.0 Å². The number of hydrogen-bond acceptors (Lipinski definition) is 3. The normalized spacial score (nSPS) is 10.4. The van der Waals surface area contributed by atoms with Crippen molar-refractivity contribution in [1.29, 1.82) is 0 Å². The van der Waals surface area contributed by atoms with Crippen molar-refractivity contribution in [3.63, 3.8) is 0 Å². The second-order valence-electron chi connectivity index (χ2n) is 2.85. The molecule has 14 heavy (non-hydrogen) atoms. The monoisotopic (exact) mass is 206 g/mol. The van der Waals surface area contributed by atoms with Gasteiger partial charge in [0.2, 0.25) is 0 Å². The van der Waals surface area contributed by atoms with E-state index < -0.39 is 0 Å². The summed E-state index contributed by atoms with van der Waals surface area (Å²) in [5.74, 6) is 0.596. The van der Waals surface area contributed by atoms with E-state index in [1.54, 1.807) is 17.5 Å². The molecular formula is C10H10N2OS. The fourth-order valence-electron chi connectivity index (χ4n) is 1.25. The van der Waals surface area contributed by atoms with Crippen molar-refractivity contribution in [3.8, 4) is 5.00 Å². The minimum Gasteiger partial charge on any atom is -0.291 e. The van der Waals surface area contributed by atoms with Crippen molar-refractivity contribution in [1.82, 2.24) is 9.55 Å². The number of Topliss-reactive ketones (excluding diaryl/α,β-unsaturated/α-hetero) is 1. The first kappa shape index (κ1) is 9.15. The van der Waals surface area contributed by atoms with Crippen LogP contribution in [-0.2, 0) is 0 Å². The molecule has 3 nitrogen and oxygen atoms in total. The van der Waals surface area contributed by atoms with Gasteiger partial charge >= 0.3 is 0 Å². The van der Waals surface area contributed by atoms with Crippen LogP contribution in [0.4, 0.5) is 0 Å². The summed E-state index contributed by atoms with van der Waals surface area (Å²) in [5, 5.41) is 3.01. The molecule has 0 bridgehead atoms. The summed E-state index contributed by atoms with van der Waals surface area (Å²) in [6, 6.07) is 3.93. The number of nitrogens with zero attached hydrogens (tertiary/aromatic N) is 2. The topological polar surface area (TPSA) is 34.9 Å². The Hall–Kier alpha value is -1.42. The maximum absolute atomic E-state index is 11.5. The molecule has 2 aromatic heterocycles. The van der Waals surface area contributed by atoms with Gasteiger partial charge in [0.25, 0.3) is 0 Å². The Bertz CT molecular complexity index is 431. The van der Waals surface area contributed by atoms with Gasteiger partial charge in [0.05, 0.1) is 0 Å². The van der Waals surface area contributed by atoms with Crippen LogP contribution >= 0.6 is 11.3 Å². The van der Waals surface area contributed by atoms with Gasteiger partial charge in [-0.3, -0.25) is 9.36 Å². The van der Waals surface area contributed by atoms with E-state index in [2.05, 4.69) is 4.98 Å². The van der Waals surface area contributed by atoms with Gasteiger partial charge in [-0.2, -0.15) is 0 Å². The first-order valence-corrected chi connectivity index (χ1v) is 5.31. The van der Waals surface area contributed by atoms with Gasteiger partial charge in [-0.05, 0) is 17.5 Å². The quantitative estimate of drug-likeness (QED) is 0.723. The molecule has 0 aliphatic carbocycles. The molecule has 0 radical (unpaired) electrons. The molecule has 0 atom stereocenters. The average molecular weight is 206 g/mol. The molecule has 0 spiro atoms. The molecular weight excluding hydrogens is 196 g/mol. The summed E-state index contributed by atoms with van der Waals surface area (Å²) in [7, 11) is 0. The van der Waals surface area contributed by atoms with Gasteiger partial charge in [0.1, 0.15) is 5.00 Å². The van der Waals surface area contributed by atoms with Crippen LogP contribution in [0.1, 0.15) is 24.0 Å². The Morgan fingerprint density at radius 2 is 2.50 bits per heavy atom. The van der Waals surface area contributed by atoms with Crippen molar-refractivity contribution in [3.05, 3.63) is 35.7 Å². The van der Waals surface area contributed by atoms with E-state index in [0.29, 0.717) is 12.2 Å². The fourth-order valence-corrected chi connectivity index (χ4v) is 1.97. The van der Waals surface area contributed by atoms with E-state index in [1.165, 1.54) is 0 Å². The standard InChI is InChI=1S/C10H10N2OS/c1-2-8(13)10-11-5-6-12(10)9-4-3-7-14-9/h3-7H,2H2,1H3. The fraction of sp³-hybridized carbons (Fsp3) is 0.200. The highest BCUT2D eigenvalue weighted by Gasteiger charge is 2.11. The molecule has 2 heterocycles. The molecule has 0 unspecified atom stereocenters. The van der Waals surface area contributed by atoms with Crippen LogP contribution in [0.5, 0.6) is 0 Å². The van der Waals surface area contributed by atoms with Crippen molar-refractivity contribution in [2.45, 2.75) is 13.3 Å². The van der Waals surface area contributed by atoms with Gasteiger partial charge in [-0.25, -0.2) is 4.98 Å². The van der Waals surface area contributed by atoms with Crippen LogP contribution in [0.2, 0.25) is 0 Å². The number of carbonyl (C=O) groups excluding carboxylic acids is 1. The summed E-state index contributed by atoms with van der Waals surface area (Å²) in [4.78, 5) is 15.6. The molecule has 0 aromatic carbocycles. The number of carbonyl (C=O) groups is 1. The van der Waals surface area contributed by atoms with Gasteiger partial charge in [-0.15, -0.1) is 11.3 Å². The second-order valence-corrected chi connectivity index (χ2v) is 3.78. The van der Waals surface area contributed by atoms with Crippen molar-refractivity contribution < 1.29 is 4.79 Å². The van der Waals surface area contributed by atoms with E-state index >= 15 is 0 Å². The Balaban J connectivity index is 2.45. The summed E-state index contributed by atoms with van der Waals surface area (Å²) in [6.45, 7) is 1.84. The molecule has 0 N–H and O–H groups in total. The average Bonchev–Trinajstić information content (AvgIpc) is 2.85. The lowest BCUT2D eigenvalue weighted by Crippen LogP contribution is -2.06. The minimum absolute atomic E-state index is 0.0726. The number of rotatable bonds is 3. The maximum atomic E-state index is 11.5. The van der Waals surface area contributed by atoms with Crippen LogP contribution in [-0.4, -0.2) is 15.3 Å². The highest BCUT2D eigenvalue weighted by Crippen LogP contribution is 2.17. The van der Waals surface area contributed by atoms with Gasteiger partial charge in [0, 0.05) is 18.8 Å². The van der Waals surface area contributed by atoms with E-state index in [4.69, 9.17) is 0 Å². The first-order chi connectivity index (χ1) is 6.83. The van der Waals surface area contributed by atoms with E-state index in [-0.39, 0.29) is 5.78 Å². The second kappa shape index (κ2) is 3.75. The minimum atomic E-state index is 0.0726. The molecule has 0 saturated heterocycles. The number of hydrogen-bond donors (Lipinski definition) is 0. The van der Waals surface area contributed by atoms with E-state index in [0.717, 1.165) is 5.00 Å². The molecule has 0 aliphatic heterocycles. The number of aromatic nitrogens is 2. The SMILES string of the molecule is CCC(=O)c1nccn1-c1cccs1. The molecule has 2 aromatic rings. The molecule has 4 heteroatoms. The lowest BCUT2D eigenvalue weighted by Gasteiger charge is -2.01. The lowest BCUT2D eigenvalue weighted by molar-refractivity contribution is 0.0977. The van der Waals surface area contributed by atoms with Gasteiger partial charge < -0.3 is 0 Å². The number of imidazole rings is 1. The summed E-state index contributed by atoms with van der Waals surface area (Å²) >= 11 is 1.59. The predicted molar refractivity (Wildman–Crippen MR) is 56.1 cm³/mol. The molecule has 0 aliphatic rings. The smallest absolute Gasteiger partial charge is 0.198 e. The molecule has 72 valence electrons. The third-order valence-electron chi connectivity index (χ3n) is 1.95. The number of thiophene rings is 1. The van der Waals surface area contributed by atoms with E-state index in [1.807, 2.05) is 35.2 Å². The molecule has 0 saturated carbocycles. The largest absolute Gasteiger partial charge is 0.291 e. The van der Waals surface area contributed by atoms with Gasteiger partial charge in [-0.1, -0.05) is 6.92 Å². The summed E-state index contributed by atoms with van der Waals surface area (Å²) in [6.07, 6.45) is 3.96. The first-order valence-electron chi connectivity index (χ1n) is 4.43. The predicted octanol–water partition coefficient (Wildman–Crippen LogP) is 2.53. The summed E-state index contributed by atoms with van der Waals surface area (Å²) in [5.41, 5.74) is 0. The lowest BCUT2D eigenvalue weighted by atomic mass is 10.3. The molecule has 0 amide bonds. The highest BCUT2D eigenvalue weighted by atomic mass is 32.1. The summed E-state index contributed by atoms with van der Waals surface area (Å²) < 4.78 is 1.83. The third kappa shape index (κ3) is 1.48. The molecule has 0 fully saturated rings. The van der Waals surface area contributed by atoms with Crippen molar-refractivity contribution in [2.75, 3.05) is 0 Å². The van der Waals surface area contributed by atoms with Crippen molar-refractivity contribution >= 4 is 17.1 Å². The molecule has 2 rings (SSSR count). The zero-order chi connectivity index (χ0) is 9.97. The van der Waals surface area contributed by atoms with Crippen LogP contribution in [0.25, 0.3) is 5.00 Å². The maximum Gasteiger partial charge on any atom is 0.198 e. The van der Waals surface area contributed by atoms with E-state index in [9.17, 15) is 4.79 Å². The zero-order valence-electron chi connectivity index (χ0n) is 7.80. The Morgan fingerprint density at radius 3 is 3.14 bits per heavy atom. The van der Waals surface area contributed by atoms with Crippen LogP contribution in [0.3, 0.4) is 0 Å².